The number of carbonyl (C=O) groups is 2. The van der Waals surface area contributed by atoms with Gasteiger partial charge in [0.15, 0.2) is 0 Å². The van der Waals surface area contributed by atoms with Crippen molar-refractivity contribution in [1.82, 2.24) is 10.3 Å². The number of carboxylic acid groups (broad SMARTS) is 1. The lowest BCUT2D eigenvalue weighted by Gasteiger charge is -2.13. The van der Waals surface area contributed by atoms with E-state index in [2.05, 4.69) is 10.3 Å². The molecule has 0 aliphatic heterocycles. The quantitative estimate of drug-likeness (QED) is 0.889. The molecular weight excluding hydrogens is 284 g/mol. The van der Waals surface area contributed by atoms with E-state index in [1.165, 1.54) is 23.5 Å². The molecule has 2 rings (SSSR count). The van der Waals surface area contributed by atoms with Gasteiger partial charge in [-0.15, -0.1) is 22.7 Å². The lowest BCUT2D eigenvalue weighted by atomic mass is 10.2. The summed E-state index contributed by atoms with van der Waals surface area (Å²) in [6.07, 6.45) is 2.43. The van der Waals surface area contributed by atoms with Crippen molar-refractivity contribution in [3.8, 4) is 0 Å². The Labute approximate surface area is 117 Å². The van der Waals surface area contributed by atoms with E-state index in [1.54, 1.807) is 6.20 Å². The molecule has 0 aliphatic carbocycles. The minimum atomic E-state index is -1.02. The molecule has 0 bridgehead atoms. The zero-order valence-electron chi connectivity index (χ0n) is 10.1. The second-order valence-corrected chi connectivity index (χ2v) is 5.78. The van der Waals surface area contributed by atoms with Crippen LogP contribution >= 0.6 is 22.7 Å². The zero-order valence-corrected chi connectivity index (χ0v) is 11.8. The van der Waals surface area contributed by atoms with Gasteiger partial charge in [-0.3, -0.25) is 4.79 Å². The van der Waals surface area contributed by atoms with Crippen LogP contribution in [0.2, 0.25) is 0 Å². The summed E-state index contributed by atoms with van der Waals surface area (Å²) in [5.74, 6) is -1.28. The standard InChI is InChI=1S/C12H12N2O3S2/c1-2-7(11-13-5-6-18-11)14-10(15)8-3-4-9(19-8)12(16)17/h3-7H,2H2,1H3,(H,14,15)(H,16,17)/t7-/m1/s1. The topological polar surface area (TPSA) is 79.3 Å². The molecule has 0 saturated heterocycles. The minimum Gasteiger partial charge on any atom is -0.477 e. The molecular formula is C12H12N2O3S2. The highest BCUT2D eigenvalue weighted by Crippen LogP contribution is 2.21. The number of thiazole rings is 1. The van der Waals surface area contributed by atoms with Gasteiger partial charge in [0.2, 0.25) is 0 Å². The summed E-state index contributed by atoms with van der Waals surface area (Å²) in [5, 5.41) is 14.4. The smallest absolute Gasteiger partial charge is 0.345 e. The van der Waals surface area contributed by atoms with Crippen molar-refractivity contribution in [3.05, 3.63) is 38.5 Å². The summed E-state index contributed by atoms with van der Waals surface area (Å²) < 4.78 is 0. The van der Waals surface area contributed by atoms with Crippen molar-refractivity contribution < 1.29 is 14.7 Å². The molecule has 0 fully saturated rings. The number of nitrogens with zero attached hydrogens (tertiary/aromatic N) is 1. The number of aromatic nitrogens is 1. The maximum absolute atomic E-state index is 12.0. The molecule has 0 radical (unpaired) electrons. The monoisotopic (exact) mass is 296 g/mol. The average molecular weight is 296 g/mol. The SMILES string of the molecule is CC[C@@H](NC(=O)c1ccc(C(=O)O)s1)c1nccs1. The highest BCUT2D eigenvalue weighted by molar-refractivity contribution is 7.15. The third-order valence-electron chi connectivity index (χ3n) is 2.50. The second-order valence-electron chi connectivity index (χ2n) is 3.77. The first kappa shape index (κ1) is 13.7. The van der Waals surface area contributed by atoms with Crippen molar-refractivity contribution in [2.75, 3.05) is 0 Å². The van der Waals surface area contributed by atoms with Crippen LogP contribution in [0.15, 0.2) is 23.7 Å². The summed E-state index contributed by atoms with van der Waals surface area (Å²) in [7, 11) is 0. The first-order chi connectivity index (χ1) is 9.11. The molecule has 2 N–H and O–H groups in total. The summed E-state index contributed by atoms with van der Waals surface area (Å²) in [6.45, 7) is 1.96. The molecule has 5 nitrogen and oxygen atoms in total. The van der Waals surface area contributed by atoms with Crippen molar-refractivity contribution in [2.24, 2.45) is 0 Å². The van der Waals surface area contributed by atoms with E-state index in [1.807, 2.05) is 12.3 Å². The van der Waals surface area contributed by atoms with Gasteiger partial charge in [-0.1, -0.05) is 6.92 Å². The van der Waals surface area contributed by atoms with Crippen LogP contribution in [0.25, 0.3) is 0 Å². The maximum Gasteiger partial charge on any atom is 0.345 e. The van der Waals surface area contributed by atoms with E-state index in [0.717, 1.165) is 22.8 Å². The summed E-state index contributed by atoms with van der Waals surface area (Å²) in [5.41, 5.74) is 0. The fourth-order valence-corrected chi connectivity index (χ4v) is 3.07. The third-order valence-corrected chi connectivity index (χ3v) is 4.46. The predicted octanol–water partition coefficient (Wildman–Crippen LogP) is 2.78. The predicted molar refractivity (Wildman–Crippen MR) is 73.9 cm³/mol. The van der Waals surface area contributed by atoms with Gasteiger partial charge in [0.05, 0.1) is 10.9 Å². The van der Waals surface area contributed by atoms with E-state index in [9.17, 15) is 9.59 Å². The van der Waals surface area contributed by atoms with Gasteiger partial charge in [0.1, 0.15) is 9.88 Å². The van der Waals surface area contributed by atoms with E-state index in [0.29, 0.717) is 4.88 Å². The molecule has 2 aromatic rings. The van der Waals surface area contributed by atoms with Crippen LogP contribution in [0.4, 0.5) is 0 Å². The molecule has 1 amide bonds. The van der Waals surface area contributed by atoms with Gasteiger partial charge in [-0.25, -0.2) is 9.78 Å². The largest absolute Gasteiger partial charge is 0.477 e. The van der Waals surface area contributed by atoms with Crippen molar-refractivity contribution in [2.45, 2.75) is 19.4 Å². The van der Waals surface area contributed by atoms with E-state index in [4.69, 9.17) is 5.11 Å². The Bertz CT molecular complexity index is 578. The van der Waals surface area contributed by atoms with Crippen LogP contribution in [0.3, 0.4) is 0 Å². The molecule has 1 atom stereocenters. The van der Waals surface area contributed by atoms with Crippen molar-refractivity contribution in [3.63, 3.8) is 0 Å². The van der Waals surface area contributed by atoms with Gasteiger partial charge in [0, 0.05) is 11.6 Å². The number of carbonyl (C=O) groups excluding carboxylic acids is 1. The number of rotatable bonds is 5. The average Bonchev–Trinajstić information content (AvgIpc) is 3.05. The Balaban J connectivity index is 2.09. The van der Waals surface area contributed by atoms with Gasteiger partial charge in [0.25, 0.3) is 5.91 Å². The third kappa shape index (κ3) is 3.18. The number of thiophene rings is 1. The second kappa shape index (κ2) is 5.94. The molecule has 0 spiro atoms. The number of aromatic carboxylic acids is 1. The molecule has 2 heterocycles. The van der Waals surface area contributed by atoms with Gasteiger partial charge >= 0.3 is 5.97 Å². The first-order valence-corrected chi connectivity index (χ1v) is 7.34. The van der Waals surface area contributed by atoms with Crippen LogP contribution < -0.4 is 5.32 Å². The van der Waals surface area contributed by atoms with Crippen LogP contribution in [0.1, 0.15) is 43.7 Å². The van der Waals surface area contributed by atoms with Crippen LogP contribution in [0, 0.1) is 0 Å². The van der Waals surface area contributed by atoms with Crippen LogP contribution in [-0.4, -0.2) is 22.0 Å². The molecule has 100 valence electrons. The molecule has 0 unspecified atom stereocenters. The fraction of sp³-hybridized carbons (Fsp3) is 0.250. The van der Waals surface area contributed by atoms with E-state index < -0.39 is 5.97 Å². The molecule has 7 heteroatoms. The lowest BCUT2D eigenvalue weighted by Crippen LogP contribution is -2.27. The number of nitrogens with one attached hydrogen (secondary N) is 1. The summed E-state index contributed by atoms with van der Waals surface area (Å²) in [6, 6.07) is 2.83. The van der Waals surface area contributed by atoms with Gasteiger partial charge < -0.3 is 10.4 Å². The molecule has 0 aromatic carbocycles. The normalized spacial score (nSPS) is 12.1. The summed E-state index contributed by atoms with van der Waals surface area (Å²) in [4.78, 5) is 27.5. The van der Waals surface area contributed by atoms with Crippen molar-refractivity contribution >= 4 is 34.6 Å². The van der Waals surface area contributed by atoms with E-state index >= 15 is 0 Å². The Hall–Kier alpha value is -1.73. The van der Waals surface area contributed by atoms with Gasteiger partial charge in [-0.2, -0.15) is 0 Å². The summed E-state index contributed by atoms with van der Waals surface area (Å²) >= 11 is 2.46. The Morgan fingerprint density at radius 2 is 2.16 bits per heavy atom. The Morgan fingerprint density at radius 3 is 2.68 bits per heavy atom. The zero-order chi connectivity index (χ0) is 13.8. The molecule has 2 aromatic heterocycles. The number of carboxylic acids is 1. The van der Waals surface area contributed by atoms with Crippen LogP contribution in [0.5, 0.6) is 0 Å². The highest BCUT2D eigenvalue weighted by Gasteiger charge is 2.18. The Morgan fingerprint density at radius 1 is 1.42 bits per heavy atom. The van der Waals surface area contributed by atoms with Crippen molar-refractivity contribution in [1.29, 1.82) is 0 Å². The lowest BCUT2D eigenvalue weighted by molar-refractivity contribution is 0.0702. The fourth-order valence-electron chi connectivity index (χ4n) is 1.55. The maximum atomic E-state index is 12.0. The molecule has 0 aliphatic rings. The van der Waals surface area contributed by atoms with E-state index in [-0.39, 0.29) is 16.8 Å². The first-order valence-electron chi connectivity index (χ1n) is 5.65. The van der Waals surface area contributed by atoms with Gasteiger partial charge in [-0.05, 0) is 18.6 Å². The number of hydrogen-bond donors (Lipinski definition) is 2. The van der Waals surface area contributed by atoms with Crippen LogP contribution in [-0.2, 0) is 0 Å². The Kier molecular flexibility index (Phi) is 4.28. The number of amides is 1. The highest BCUT2D eigenvalue weighted by atomic mass is 32.1. The molecule has 0 saturated carbocycles. The number of hydrogen-bond acceptors (Lipinski definition) is 5. The molecule has 19 heavy (non-hydrogen) atoms. The minimum absolute atomic E-state index is 0.136.